The van der Waals surface area contributed by atoms with Crippen LogP contribution in [0.15, 0.2) is 90.7 Å². The lowest BCUT2D eigenvalue weighted by atomic mass is 9.82. The van der Waals surface area contributed by atoms with Crippen LogP contribution in [0.4, 0.5) is 19.2 Å². The van der Waals surface area contributed by atoms with Crippen molar-refractivity contribution in [2.75, 3.05) is 32.8 Å². The number of carbonyl (C=O) groups is 8. The van der Waals surface area contributed by atoms with Crippen LogP contribution in [0.3, 0.4) is 0 Å². The van der Waals surface area contributed by atoms with Gasteiger partial charge in [0.05, 0.1) is 36.6 Å². The van der Waals surface area contributed by atoms with Crippen molar-refractivity contribution in [1.29, 1.82) is 0 Å². The van der Waals surface area contributed by atoms with E-state index in [0.29, 0.717) is 64.6 Å². The number of H-pyrrole nitrogens is 4. The third kappa shape index (κ3) is 22.5. The summed E-state index contributed by atoms with van der Waals surface area (Å²) in [5.41, 5.74) is 21.1. The van der Waals surface area contributed by atoms with Crippen molar-refractivity contribution in [2.45, 2.75) is 188 Å². The first kappa shape index (κ1) is 83.9. The molecule has 8 aromatic rings. The highest BCUT2D eigenvalue weighted by Crippen LogP contribution is 2.43. The van der Waals surface area contributed by atoms with Gasteiger partial charge >= 0.3 is 36.3 Å². The van der Waals surface area contributed by atoms with Gasteiger partial charge in [0, 0.05) is 128 Å². The molecule has 4 heterocycles. The molecule has 0 saturated carbocycles. The summed E-state index contributed by atoms with van der Waals surface area (Å²) in [5, 5.41) is 30.8. The van der Waals surface area contributed by atoms with E-state index in [4.69, 9.17) is 35.2 Å². The summed E-state index contributed by atoms with van der Waals surface area (Å²) < 4.78 is 30.5. The predicted octanol–water partition coefficient (Wildman–Crippen LogP) is 15.0. The number of aliphatic carboxylic acids is 1. The topological polar surface area (TPSA) is 390 Å². The van der Waals surface area contributed by atoms with Crippen LogP contribution >= 0.6 is 63.7 Å². The van der Waals surface area contributed by atoms with Crippen molar-refractivity contribution in [3.8, 4) is 0 Å². The van der Waals surface area contributed by atoms with Crippen molar-refractivity contribution < 1.29 is 67.1 Å². The number of rotatable bonds is 13. The Kier molecular flexibility index (Phi) is 27.4. The molecule has 0 saturated heterocycles. The molecule has 8 unspecified atom stereocenters. The van der Waals surface area contributed by atoms with E-state index in [9.17, 15) is 43.5 Å². The third-order valence-corrected chi connectivity index (χ3v) is 20.2. The number of carbonyl (C=O) groups excluding carboxylic acids is 7. The van der Waals surface area contributed by atoms with E-state index in [0.717, 1.165) is 113 Å². The van der Waals surface area contributed by atoms with Gasteiger partial charge in [-0.25, -0.2) is 19.2 Å². The molecule has 0 radical (unpaired) electrons. The van der Waals surface area contributed by atoms with Crippen molar-refractivity contribution in [2.24, 2.45) is 35.1 Å². The second-order valence-electron chi connectivity index (χ2n) is 31.5. The molecule has 6 amide bonds. The van der Waals surface area contributed by atoms with Crippen molar-refractivity contribution >= 4 is 155 Å². The molecule has 0 spiro atoms. The average Bonchev–Trinajstić information content (AvgIpc) is 1.63. The third-order valence-electron chi connectivity index (χ3n) is 18.2. The molecular weight excluding hydrogens is 1650 g/mol. The van der Waals surface area contributed by atoms with Gasteiger partial charge in [-0.3, -0.25) is 19.2 Å². The maximum atomic E-state index is 13.0. The summed E-state index contributed by atoms with van der Waals surface area (Å²) in [5.74, 6) is -2.48. The fraction of sp³-hybridized carbons (Fsp3) is 0.487. The number of carboxylic acid groups (broad SMARTS) is 1. The van der Waals surface area contributed by atoms with Gasteiger partial charge in [0.1, 0.15) is 22.4 Å². The van der Waals surface area contributed by atoms with Crippen LogP contribution in [0.1, 0.15) is 185 Å². The lowest BCUT2D eigenvalue weighted by molar-refractivity contribution is -0.148. The SMILES string of the molecule is CC(C)(C)OC(=O)NC1CC(C(=O)O)Cc2c1[nH]c1ccc(Br)cc21.CC(C)(C)OC(=O)NCCNC(=O)C1Cc2c([nH]c3ccc(Br)cc23)C(NC(=O)OC(C)(C)C)C1.CCOC(=O)C1Cc2c([nH]c3ccc(Br)cc23)C(NC(=O)OC(C)(C)C)C1.NCCNC(=O)C1Cc2c([nH]c3ccc(Br)cc23)C(N)C1. The Morgan fingerprint density at radius 3 is 1.10 bits per heavy atom. The first-order chi connectivity index (χ1) is 50.6. The van der Waals surface area contributed by atoms with E-state index in [1.165, 1.54) is 0 Å². The Morgan fingerprint density at radius 1 is 0.435 bits per heavy atom. The fourth-order valence-corrected chi connectivity index (χ4v) is 15.4. The molecule has 4 aliphatic carbocycles. The van der Waals surface area contributed by atoms with Crippen LogP contribution in [-0.4, -0.2) is 128 Å². The van der Waals surface area contributed by atoms with E-state index >= 15 is 0 Å². The van der Waals surface area contributed by atoms with Gasteiger partial charge < -0.3 is 92.1 Å². The number of hydrogen-bond donors (Lipinski definition) is 13. The predicted molar refractivity (Wildman–Crippen MR) is 428 cm³/mol. The number of aromatic amines is 4. The Hall–Kier alpha value is -8.16. The Morgan fingerprint density at radius 2 is 0.741 bits per heavy atom. The maximum absolute atomic E-state index is 13.0. The van der Waals surface area contributed by atoms with E-state index in [-0.39, 0.29) is 60.7 Å². The molecule has 4 aromatic heterocycles. The van der Waals surface area contributed by atoms with E-state index in [1.807, 2.05) is 87.5 Å². The zero-order valence-corrected chi connectivity index (χ0v) is 69.5. The minimum Gasteiger partial charge on any atom is -0.481 e. The monoisotopic (exact) mass is 1740 g/mol. The largest absolute Gasteiger partial charge is 0.481 e. The molecule has 30 heteroatoms. The van der Waals surface area contributed by atoms with Gasteiger partial charge in [0.15, 0.2) is 0 Å². The molecule has 8 atom stereocenters. The van der Waals surface area contributed by atoms with Crippen LogP contribution in [-0.2, 0) is 68.5 Å². The maximum Gasteiger partial charge on any atom is 0.408 e. The highest BCUT2D eigenvalue weighted by molar-refractivity contribution is 9.11. The van der Waals surface area contributed by atoms with Gasteiger partial charge in [-0.1, -0.05) is 63.7 Å². The number of ether oxygens (including phenoxy) is 5. The van der Waals surface area contributed by atoms with Gasteiger partial charge in [-0.2, -0.15) is 0 Å². The number of nitrogens with two attached hydrogens (primary N) is 2. The minimum atomic E-state index is -0.856. The molecule has 0 aliphatic heterocycles. The summed E-state index contributed by atoms with van der Waals surface area (Å²) >= 11 is 14.0. The molecular formula is C78H100Br4N12O14. The fourth-order valence-electron chi connectivity index (χ4n) is 13.9. The number of benzene rings is 4. The number of alkyl carbamates (subject to hydrolysis) is 4. The zero-order chi connectivity index (χ0) is 79.1. The van der Waals surface area contributed by atoms with Crippen molar-refractivity contribution in [3.05, 3.63) is 136 Å². The molecule has 4 aliphatic rings. The van der Waals surface area contributed by atoms with Crippen LogP contribution in [0.5, 0.6) is 0 Å². The molecule has 15 N–H and O–H groups in total. The molecule has 26 nitrogen and oxygen atoms in total. The second kappa shape index (κ2) is 35.2. The van der Waals surface area contributed by atoms with E-state index in [1.54, 1.807) is 69.2 Å². The average molecular weight is 1750 g/mol. The highest BCUT2D eigenvalue weighted by atomic mass is 79.9. The standard InChI is InChI=1S/C25H35BrN4O5.C20H25BrN2O4.C18H21BrN2O4.C15H19BrN4O/c1-24(2,3)34-22(32)28-10-9-27-21(31)14-11-17-16-13-15(26)7-8-18(16)29-20(17)19(12-14)30-23(33)35-25(4,5)6;1-5-26-18(24)11-8-14-13-10-12(21)6-7-15(13)22-17(14)16(9-11)23-19(25)27-20(2,3)4;1-18(2,3)25-17(24)21-14-7-9(16(22)23)6-12-11-8-10(19)4-5-13(11)20-15(12)14;16-9-1-2-13-10(7-9)11-5-8(15(21)19-4-3-17)6-12(18)14(11)20-13/h7-8,13-14,19,29H,9-12H2,1-6H3,(H,27,31)(H,28,32)(H,30,33);6-7,10-11,16,22H,5,8-9H2,1-4H3,(H,23,25);4-5,8-9,14,20H,6-7H2,1-3H3,(H,21,24)(H,22,23);1-2,7-8,12,20H,3-6,17-18H2,(H,19,21). The smallest absolute Gasteiger partial charge is 0.408 e. The number of esters is 1. The minimum absolute atomic E-state index is 0.0471. The first-order valence-electron chi connectivity index (χ1n) is 36.2. The molecule has 0 fully saturated rings. The van der Waals surface area contributed by atoms with Gasteiger partial charge in [0.25, 0.3) is 0 Å². The number of amides is 6. The summed E-state index contributed by atoms with van der Waals surface area (Å²) in [4.78, 5) is 112. The van der Waals surface area contributed by atoms with Crippen LogP contribution in [0, 0.1) is 23.7 Å². The van der Waals surface area contributed by atoms with Crippen LogP contribution in [0.25, 0.3) is 43.6 Å². The Labute approximate surface area is 661 Å². The van der Waals surface area contributed by atoms with Crippen molar-refractivity contribution in [1.82, 2.24) is 51.8 Å². The lowest BCUT2D eigenvalue weighted by Gasteiger charge is -2.30. The summed E-state index contributed by atoms with van der Waals surface area (Å²) in [6, 6.07) is 22.6. The molecule has 0 bridgehead atoms. The van der Waals surface area contributed by atoms with Crippen molar-refractivity contribution in [3.63, 3.8) is 0 Å². The molecule has 4 aromatic carbocycles. The number of halogens is 4. The number of aromatic nitrogens is 4. The molecule has 12 rings (SSSR count). The van der Waals surface area contributed by atoms with Crippen LogP contribution < -0.4 is 43.4 Å². The second-order valence-corrected chi connectivity index (χ2v) is 35.1. The summed E-state index contributed by atoms with van der Waals surface area (Å²) in [6.07, 6.45) is 2.05. The highest BCUT2D eigenvalue weighted by Gasteiger charge is 2.40. The Bertz CT molecular complexity index is 4630. The number of nitrogens with one attached hydrogen (secondary N) is 10. The number of hydrogen-bond acceptors (Lipinski definition) is 15. The zero-order valence-electron chi connectivity index (χ0n) is 63.2. The lowest BCUT2D eigenvalue weighted by Crippen LogP contribution is -2.43. The number of carboxylic acids is 1. The quantitative estimate of drug-likeness (QED) is 0.0290. The first-order valence-corrected chi connectivity index (χ1v) is 39.4. The molecule has 584 valence electrons. The summed E-state index contributed by atoms with van der Waals surface area (Å²) in [6.45, 7) is 25.2. The van der Waals surface area contributed by atoms with Crippen LogP contribution in [0.2, 0.25) is 0 Å². The van der Waals surface area contributed by atoms with Gasteiger partial charge in [-0.15, -0.1) is 0 Å². The summed E-state index contributed by atoms with van der Waals surface area (Å²) in [7, 11) is 0. The molecule has 108 heavy (non-hydrogen) atoms. The van der Waals surface area contributed by atoms with E-state index < -0.39 is 70.7 Å². The normalized spacial score (nSPS) is 19.5. The van der Waals surface area contributed by atoms with E-state index in [2.05, 4.69) is 122 Å². The Balaban J connectivity index is 0.000000169. The number of fused-ring (bicyclic) bond motifs is 12. The van der Waals surface area contributed by atoms with Gasteiger partial charge in [0.2, 0.25) is 11.8 Å². The van der Waals surface area contributed by atoms with Gasteiger partial charge in [-0.05, 0) is 236 Å².